The van der Waals surface area contributed by atoms with E-state index < -0.39 is 0 Å². The summed E-state index contributed by atoms with van der Waals surface area (Å²) in [7, 11) is 0. The van der Waals surface area contributed by atoms with E-state index in [4.69, 9.17) is 0 Å². The quantitative estimate of drug-likeness (QED) is 0.603. The van der Waals surface area contributed by atoms with Crippen molar-refractivity contribution in [1.82, 2.24) is 14.3 Å². The molecule has 0 saturated heterocycles. The van der Waals surface area contributed by atoms with Gasteiger partial charge in [0, 0.05) is 18.1 Å². The Morgan fingerprint density at radius 2 is 1.62 bits per heavy atom. The molecule has 5 nitrogen and oxygen atoms in total. The van der Waals surface area contributed by atoms with E-state index in [2.05, 4.69) is 10.4 Å². The van der Waals surface area contributed by atoms with Crippen LogP contribution in [0.2, 0.25) is 0 Å². The molecule has 0 spiro atoms. The molecule has 2 heterocycles. The van der Waals surface area contributed by atoms with E-state index in [0.717, 1.165) is 16.9 Å². The lowest BCUT2D eigenvalue weighted by Gasteiger charge is -2.11. The summed E-state index contributed by atoms with van der Waals surface area (Å²) in [6.07, 6.45) is 5.41. The van der Waals surface area contributed by atoms with Gasteiger partial charge >= 0.3 is 0 Å². The van der Waals surface area contributed by atoms with Crippen molar-refractivity contribution in [3.63, 3.8) is 0 Å². The molecular formula is C21H18N4O. The minimum Gasteiger partial charge on any atom is -0.322 e. The van der Waals surface area contributed by atoms with Gasteiger partial charge in [0.15, 0.2) is 5.82 Å². The number of hydrogen-bond donors (Lipinski definition) is 1. The molecule has 0 aliphatic heterocycles. The van der Waals surface area contributed by atoms with Crippen LogP contribution in [0.4, 0.5) is 5.69 Å². The molecule has 2 aromatic heterocycles. The Morgan fingerprint density at radius 1 is 0.923 bits per heavy atom. The van der Waals surface area contributed by atoms with Crippen LogP contribution in [0.15, 0.2) is 85.3 Å². The van der Waals surface area contributed by atoms with Crippen molar-refractivity contribution in [1.29, 1.82) is 0 Å². The van der Waals surface area contributed by atoms with Crippen molar-refractivity contribution in [3.8, 4) is 11.5 Å². The zero-order chi connectivity index (χ0) is 17.9. The number of aryl methyl sites for hydroxylation is 1. The van der Waals surface area contributed by atoms with Gasteiger partial charge in [0.05, 0.1) is 11.9 Å². The second-order valence-electron chi connectivity index (χ2n) is 6.04. The Morgan fingerprint density at radius 3 is 2.31 bits per heavy atom. The Balaban J connectivity index is 1.75. The first kappa shape index (κ1) is 15.9. The van der Waals surface area contributed by atoms with Crippen LogP contribution in [0.1, 0.15) is 15.9 Å². The number of nitrogens with one attached hydrogen (secondary N) is 1. The Hall–Kier alpha value is -3.60. The second-order valence-corrected chi connectivity index (χ2v) is 6.04. The zero-order valence-electron chi connectivity index (χ0n) is 14.3. The van der Waals surface area contributed by atoms with Crippen molar-refractivity contribution in [2.75, 3.05) is 5.32 Å². The van der Waals surface area contributed by atoms with Crippen molar-refractivity contribution < 1.29 is 4.79 Å². The maximum atomic E-state index is 12.9. The lowest BCUT2D eigenvalue weighted by Crippen LogP contribution is -2.15. The molecule has 1 amide bonds. The largest absolute Gasteiger partial charge is 0.322 e. The molecule has 2 aromatic carbocycles. The normalized spacial score (nSPS) is 10.7. The molecule has 128 valence electrons. The van der Waals surface area contributed by atoms with Gasteiger partial charge in [0.2, 0.25) is 0 Å². The first-order chi connectivity index (χ1) is 12.7. The van der Waals surface area contributed by atoms with E-state index in [-0.39, 0.29) is 5.91 Å². The highest BCUT2D eigenvalue weighted by Crippen LogP contribution is 2.21. The zero-order valence-corrected chi connectivity index (χ0v) is 14.3. The number of nitrogens with zero attached hydrogens (tertiary/aromatic N) is 3. The predicted molar refractivity (Wildman–Crippen MR) is 102 cm³/mol. The number of anilines is 1. The summed E-state index contributed by atoms with van der Waals surface area (Å²) < 4.78 is 3.66. The number of amides is 1. The van der Waals surface area contributed by atoms with Crippen LogP contribution in [0.5, 0.6) is 0 Å². The van der Waals surface area contributed by atoms with Gasteiger partial charge in [-0.1, -0.05) is 35.9 Å². The van der Waals surface area contributed by atoms with E-state index in [0.29, 0.717) is 11.4 Å². The fourth-order valence-electron chi connectivity index (χ4n) is 2.82. The summed E-state index contributed by atoms with van der Waals surface area (Å²) in [4.78, 5) is 12.9. The summed E-state index contributed by atoms with van der Waals surface area (Å²) in [5.41, 5.74) is 3.30. The average Bonchev–Trinajstić information content (AvgIpc) is 3.33. The average molecular weight is 342 g/mol. The van der Waals surface area contributed by atoms with Gasteiger partial charge in [0.1, 0.15) is 5.56 Å². The number of hydrogen-bond acceptors (Lipinski definition) is 2. The molecule has 0 radical (unpaired) electrons. The predicted octanol–water partition coefficient (Wildman–Crippen LogP) is 4.22. The van der Waals surface area contributed by atoms with E-state index in [1.54, 1.807) is 10.9 Å². The first-order valence-electron chi connectivity index (χ1n) is 8.37. The SMILES string of the molecule is Cc1ccc(NC(=O)c2cnn(-c3ccccc3)c2-n2cccc2)cc1. The van der Waals surface area contributed by atoms with E-state index in [9.17, 15) is 4.79 Å². The summed E-state index contributed by atoms with van der Waals surface area (Å²) in [6.45, 7) is 2.01. The number of carbonyl (C=O) groups excluding carboxylic acids is 1. The maximum absolute atomic E-state index is 12.9. The third-order valence-corrected chi connectivity index (χ3v) is 4.15. The van der Waals surface area contributed by atoms with Crippen LogP contribution in [-0.4, -0.2) is 20.3 Å². The molecule has 4 aromatic rings. The molecule has 1 N–H and O–H groups in total. The molecule has 0 bridgehead atoms. The molecule has 0 aliphatic carbocycles. The topological polar surface area (TPSA) is 51.9 Å². The highest BCUT2D eigenvalue weighted by atomic mass is 16.1. The van der Waals surface area contributed by atoms with Crippen molar-refractivity contribution in [2.24, 2.45) is 0 Å². The summed E-state index contributed by atoms with van der Waals surface area (Å²) >= 11 is 0. The maximum Gasteiger partial charge on any atom is 0.261 e. The molecule has 26 heavy (non-hydrogen) atoms. The van der Waals surface area contributed by atoms with Crippen LogP contribution < -0.4 is 5.32 Å². The molecule has 4 rings (SSSR count). The van der Waals surface area contributed by atoms with Crippen molar-refractivity contribution in [2.45, 2.75) is 6.92 Å². The van der Waals surface area contributed by atoms with Gasteiger partial charge in [-0.15, -0.1) is 0 Å². The van der Waals surface area contributed by atoms with E-state index in [1.807, 2.05) is 90.6 Å². The Labute approximate surface area is 151 Å². The minimum atomic E-state index is -0.195. The smallest absolute Gasteiger partial charge is 0.261 e. The van der Waals surface area contributed by atoms with Gasteiger partial charge in [0.25, 0.3) is 5.91 Å². The van der Waals surface area contributed by atoms with Crippen molar-refractivity contribution in [3.05, 3.63) is 96.4 Å². The van der Waals surface area contributed by atoms with Crippen LogP contribution in [0.25, 0.3) is 11.5 Å². The van der Waals surface area contributed by atoms with Crippen LogP contribution >= 0.6 is 0 Å². The van der Waals surface area contributed by atoms with E-state index >= 15 is 0 Å². The highest BCUT2D eigenvalue weighted by molar-refractivity contribution is 6.06. The molecule has 0 atom stereocenters. The molecule has 0 unspecified atom stereocenters. The minimum absolute atomic E-state index is 0.195. The highest BCUT2D eigenvalue weighted by Gasteiger charge is 2.19. The van der Waals surface area contributed by atoms with Gasteiger partial charge in [-0.05, 0) is 43.3 Å². The monoisotopic (exact) mass is 342 g/mol. The van der Waals surface area contributed by atoms with E-state index in [1.165, 1.54) is 0 Å². The molecule has 5 heteroatoms. The molecule has 0 saturated carbocycles. The first-order valence-corrected chi connectivity index (χ1v) is 8.37. The van der Waals surface area contributed by atoms with Crippen LogP contribution in [0, 0.1) is 6.92 Å². The third-order valence-electron chi connectivity index (χ3n) is 4.15. The van der Waals surface area contributed by atoms with Crippen molar-refractivity contribution >= 4 is 11.6 Å². The lowest BCUT2D eigenvalue weighted by molar-refractivity contribution is 0.102. The van der Waals surface area contributed by atoms with Gasteiger partial charge in [-0.3, -0.25) is 4.79 Å². The third kappa shape index (κ3) is 3.02. The second kappa shape index (κ2) is 6.72. The molecule has 0 aliphatic rings. The fourth-order valence-corrected chi connectivity index (χ4v) is 2.82. The van der Waals surface area contributed by atoms with Gasteiger partial charge in [-0.25, -0.2) is 4.68 Å². The number of benzene rings is 2. The number of rotatable bonds is 4. The van der Waals surface area contributed by atoms with Gasteiger partial charge in [-0.2, -0.15) is 5.10 Å². The summed E-state index contributed by atoms with van der Waals surface area (Å²) in [5.74, 6) is 0.505. The molecular weight excluding hydrogens is 324 g/mol. The van der Waals surface area contributed by atoms with Crippen LogP contribution in [0.3, 0.4) is 0 Å². The number of aromatic nitrogens is 3. The Kier molecular flexibility index (Phi) is 4.11. The standard InChI is InChI=1S/C21H18N4O/c1-16-9-11-17(12-10-16)23-20(26)19-15-22-25(18-7-3-2-4-8-18)21(19)24-13-5-6-14-24/h2-15H,1H3,(H,23,26). The number of carbonyl (C=O) groups is 1. The molecule has 0 fully saturated rings. The Bertz CT molecular complexity index is 1020. The fraction of sp³-hybridized carbons (Fsp3) is 0.0476. The lowest BCUT2D eigenvalue weighted by atomic mass is 10.2. The number of para-hydroxylation sites is 1. The van der Waals surface area contributed by atoms with Crippen LogP contribution in [-0.2, 0) is 0 Å². The van der Waals surface area contributed by atoms with Gasteiger partial charge < -0.3 is 9.88 Å². The summed E-state index contributed by atoms with van der Waals surface area (Å²) in [5, 5.41) is 7.40. The summed E-state index contributed by atoms with van der Waals surface area (Å²) in [6, 6.07) is 21.3.